The van der Waals surface area contributed by atoms with Crippen molar-refractivity contribution in [2.24, 2.45) is 0 Å². The van der Waals surface area contributed by atoms with Gasteiger partial charge in [0.2, 0.25) is 5.91 Å². The number of alkyl carbamates (subject to hydrolysis) is 1. The molecule has 7 nitrogen and oxygen atoms in total. The summed E-state index contributed by atoms with van der Waals surface area (Å²) in [7, 11) is 1.23. The number of nitrogens with one attached hydrogen (secondary N) is 2. The van der Waals surface area contributed by atoms with E-state index in [0.717, 1.165) is 0 Å². The van der Waals surface area contributed by atoms with E-state index >= 15 is 0 Å². The highest BCUT2D eigenvalue weighted by Gasteiger charge is 2.21. The van der Waals surface area contributed by atoms with Gasteiger partial charge >= 0.3 is 6.09 Å². The predicted molar refractivity (Wildman–Crippen MR) is 74.5 cm³/mol. The third kappa shape index (κ3) is 5.40. The molecular weight excluding hydrogens is 274 g/mol. The van der Waals surface area contributed by atoms with Crippen LogP contribution in [0.5, 0.6) is 5.75 Å². The standard InChI is InChI=1S/C14H17N3O4/c1-21-14(20)17-9-12(13(19)16-8-2-7-15)10-3-5-11(18)6-4-10/h3-6,12,18H,2,8-9H2,1H3,(H,16,19)(H,17,20). The van der Waals surface area contributed by atoms with Crippen LogP contribution in [0.1, 0.15) is 17.9 Å². The van der Waals surface area contributed by atoms with Gasteiger partial charge in [0, 0.05) is 13.1 Å². The highest BCUT2D eigenvalue weighted by atomic mass is 16.5. The second kappa shape index (κ2) is 8.43. The second-order valence-electron chi connectivity index (χ2n) is 4.22. The minimum absolute atomic E-state index is 0.0514. The fourth-order valence-electron chi connectivity index (χ4n) is 1.69. The van der Waals surface area contributed by atoms with Crippen LogP contribution in [0.2, 0.25) is 0 Å². The number of amides is 2. The minimum atomic E-state index is -0.636. The fourth-order valence-corrected chi connectivity index (χ4v) is 1.69. The van der Waals surface area contributed by atoms with Gasteiger partial charge in [-0.25, -0.2) is 4.79 Å². The van der Waals surface area contributed by atoms with E-state index in [1.54, 1.807) is 12.1 Å². The number of hydrogen-bond donors (Lipinski definition) is 3. The monoisotopic (exact) mass is 291 g/mol. The average Bonchev–Trinajstić information content (AvgIpc) is 2.49. The molecule has 3 N–H and O–H groups in total. The molecule has 1 aromatic carbocycles. The maximum Gasteiger partial charge on any atom is 0.406 e. The van der Waals surface area contributed by atoms with Crippen LogP contribution in [0, 0.1) is 11.3 Å². The smallest absolute Gasteiger partial charge is 0.406 e. The Morgan fingerprint density at radius 3 is 2.57 bits per heavy atom. The van der Waals surface area contributed by atoms with Gasteiger partial charge in [0.15, 0.2) is 0 Å². The predicted octanol–water partition coefficient (Wildman–Crippen LogP) is 0.862. The van der Waals surface area contributed by atoms with Crippen molar-refractivity contribution in [2.75, 3.05) is 20.2 Å². The first-order valence-electron chi connectivity index (χ1n) is 6.34. The zero-order valence-electron chi connectivity index (χ0n) is 11.6. The molecular formula is C14H17N3O4. The number of carbonyl (C=O) groups is 2. The second-order valence-corrected chi connectivity index (χ2v) is 4.22. The van der Waals surface area contributed by atoms with E-state index < -0.39 is 12.0 Å². The summed E-state index contributed by atoms with van der Waals surface area (Å²) in [6.07, 6.45) is -0.429. The number of phenols is 1. The van der Waals surface area contributed by atoms with Gasteiger partial charge in [0.05, 0.1) is 25.5 Å². The first-order valence-corrected chi connectivity index (χ1v) is 6.34. The Balaban J connectivity index is 2.78. The normalized spacial score (nSPS) is 11.0. The van der Waals surface area contributed by atoms with Crippen LogP contribution < -0.4 is 10.6 Å². The number of aromatic hydroxyl groups is 1. The topological polar surface area (TPSA) is 111 Å². The summed E-state index contributed by atoms with van der Waals surface area (Å²) in [4.78, 5) is 23.3. The summed E-state index contributed by atoms with van der Waals surface area (Å²) in [5, 5.41) is 22.8. The van der Waals surface area contributed by atoms with E-state index in [4.69, 9.17) is 5.26 Å². The molecule has 0 saturated heterocycles. The third-order valence-corrected chi connectivity index (χ3v) is 2.78. The van der Waals surface area contributed by atoms with Gasteiger partial charge in [0.25, 0.3) is 0 Å². The van der Waals surface area contributed by atoms with Crippen molar-refractivity contribution in [2.45, 2.75) is 12.3 Å². The van der Waals surface area contributed by atoms with Crippen molar-refractivity contribution in [1.29, 1.82) is 5.26 Å². The Labute approximate surface area is 122 Å². The van der Waals surface area contributed by atoms with Crippen LogP contribution in [0.4, 0.5) is 4.79 Å². The molecule has 0 saturated carbocycles. The molecule has 0 fully saturated rings. The van der Waals surface area contributed by atoms with Gasteiger partial charge < -0.3 is 20.5 Å². The highest BCUT2D eigenvalue weighted by Crippen LogP contribution is 2.18. The number of benzene rings is 1. The van der Waals surface area contributed by atoms with Gasteiger partial charge in [-0.05, 0) is 17.7 Å². The van der Waals surface area contributed by atoms with Crippen molar-refractivity contribution >= 4 is 12.0 Å². The maximum atomic E-state index is 12.1. The molecule has 0 heterocycles. The zero-order valence-corrected chi connectivity index (χ0v) is 11.6. The average molecular weight is 291 g/mol. The summed E-state index contributed by atoms with van der Waals surface area (Å²) in [5.74, 6) is -0.862. The first-order chi connectivity index (χ1) is 10.1. The Morgan fingerprint density at radius 1 is 1.33 bits per heavy atom. The molecule has 1 atom stereocenters. The van der Waals surface area contributed by atoms with Gasteiger partial charge in [-0.1, -0.05) is 12.1 Å². The third-order valence-electron chi connectivity index (χ3n) is 2.78. The van der Waals surface area contributed by atoms with Gasteiger partial charge in [-0.15, -0.1) is 0 Å². The van der Waals surface area contributed by atoms with E-state index in [9.17, 15) is 14.7 Å². The number of nitriles is 1. The maximum absolute atomic E-state index is 12.1. The Hall–Kier alpha value is -2.75. The summed E-state index contributed by atoms with van der Waals surface area (Å²) >= 11 is 0. The molecule has 112 valence electrons. The zero-order chi connectivity index (χ0) is 15.7. The lowest BCUT2D eigenvalue weighted by Crippen LogP contribution is -2.37. The lowest BCUT2D eigenvalue weighted by Gasteiger charge is -2.17. The molecule has 0 aromatic heterocycles. The SMILES string of the molecule is COC(=O)NCC(C(=O)NCCC#N)c1ccc(O)cc1. The van der Waals surface area contributed by atoms with Gasteiger partial charge in [-0.3, -0.25) is 4.79 Å². The van der Waals surface area contributed by atoms with Crippen molar-refractivity contribution < 1.29 is 19.4 Å². The lowest BCUT2D eigenvalue weighted by molar-refractivity contribution is -0.122. The number of ether oxygens (including phenoxy) is 1. The molecule has 0 aliphatic rings. The van der Waals surface area contributed by atoms with Gasteiger partial charge in [0.1, 0.15) is 5.75 Å². The van der Waals surface area contributed by atoms with Gasteiger partial charge in [-0.2, -0.15) is 5.26 Å². The first kappa shape index (κ1) is 16.3. The van der Waals surface area contributed by atoms with Crippen molar-refractivity contribution in [3.05, 3.63) is 29.8 Å². The number of nitrogens with zero attached hydrogens (tertiary/aromatic N) is 1. The molecule has 1 unspecified atom stereocenters. The Morgan fingerprint density at radius 2 is 2.00 bits per heavy atom. The van der Waals surface area contributed by atoms with E-state index in [0.29, 0.717) is 5.56 Å². The van der Waals surface area contributed by atoms with E-state index in [1.807, 2.05) is 6.07 Å². The summed E-state index contributed by atoms with van der Waals surface area (Å²) < 4.78 is 4.47. The van der Waals surface area contributed by atoms with Crippen LogP contribution in [0.3, 0.4) is 0 Å². The Bertz CT molecular complexity index is 522. The van der Waals surface area contributed by atoms with Crippen molar-refractivity contribution in [1.82, 2.24) is 10.6 Å². The van der Waals surface area contributed by atoms with Crippen molar-refractivity contribution in [3.63, 3.8) is 0 Å². The molecule has 1 rings (SSSR count). The van der Waals surface area contributed by atoms with Crippen LogP contribution in [0.25, 0.3) is 0 Å². The lowest BCUT2D eigenvalue weighted by atomic mass is 9.98. The molecule has 0 aliphatic heterocycles. The number of rotatable bonds is 6. The van der Waals surface area contributed by atoms with E-state index in [-0.39, 0.29) is 31.2 Å². The van der Waals surface area contributed by atoms with E-state index in [2.05, 4.69) is 15.4 Å². The molecule has 0 spiro atoms. The highest BCUT2D eigenvalue weighted by molar-refractivity contribution is 5.84. The molecule has 0 radical (unpaired) electrons. The molecule has 2 amide bonds. The number of methoxy groups -OCH3 is 1. The van der Waals surface area contributed by atoms with Crippen molar-refractivity contribution in [3.8, 4) is 11.8 Å². The quantitative estimate of drug-likeness (QED) is 0.673. The molecule has 21 heavy (non-hydrogen) atoms. The largest absolute Gasteiger partial charge is 0.508 e. The number of carbonyl (C=O) groups excluding carboxylic acids is 2. The van der Waals surface area contributed by atoms with Crippen LogP contribution in [0.15, 0.2) is 24.3 Å². The van der Waals surface area contributed by atoms with Crippen LogP contribution >= 0.6 is 0 Å². The summed E-state index contributed by atoms with van der Waals surface area (Å²) in [6.45, 7) is 0.290. The minimum Gasteiger partial charge on any atom is -0.508 e. The molecule has 7 heteroatoms. The molecule has 0 aliphatic carbocycles. The Kier molecular flexibility index (Phi) is 6.54. The number of hydrogen-bond acceptors (Lipinski definition) is 5. The summed E-state index contributed by atoms with van der Waals surface area (Å²) in [6, 6.07) is 8.05. The fraction of sp³-hybridized carbons (Fsp3) is 0.357. The molecule has 0 bridgehead atoms. The van der Waals surface area contributed by atoms with Crippen LogP contribution in [-0.4, -0.2) is 37.3 Å². The number of phenolic OH excluding ortho intramolecular Hbond substituents is 1. The van der Waals surface area contributed by atoms with E-state index in [1.165, 1.54) is 19.2 Å². The summed E-state index contributed by atoms with van der Waals surface area (Å²) in [5.41, 5.74) is 0.638. The van der Waals surface area contributed by atoms with Crippen LogP contribution in [-0.2, 0) is 9.53 Å². The molecule has 1 aromatic rings.